The van der Waals surface area contributed by atoms with Gasteiger partial charge in [-0.2, -0.15) is 0 Å². The monoisotopic (exact) mass is 460 g/mol. The SMILES string of the molecule is Cc1cc(N[C@@H]2O[C@@H](CO)[C@@H](O)[C@@H](O)[C@@H]2O)c(N[C@H]2O[C@@H](CO)[C@@H](O)[C@@H](O)[C@H]2O)cc1C. The number of aliphatic hydroxyl groups excluding tert-OH is 8. The van der Waals surface area contributed by atoms with E-state index in [1.54, 1.807) is 12.1 Å². The minimum absolute atomic E-state index is 0.370. The zero-order chi connectivity index (χ0) is 23.7. The van der Waals surface area contributed by atoms with Crippen LogP contribution in [-0.4, -0.2) is 115 Å². The maximum atomic E-state index is 10.3. The second-order valence-electron chi connectivity index (χ2n) is 8.27. The Balaban J connectivity index is 1.86. The van der Waals surface area contributed by atoms with Crippen LogP contribution in [-0.2, 0) is 9.47 Å². The number of rotatable bonds is 6. The lowest BCUT2D eigenvalue weighted by Gasteiger charge is -2.42. The van der Waals surface area contributed by atoms with E-state index in [1.807, 2.05) is 13.8 Å². The first-order chi connectivity index (χ1) is 15.1. The number of anilines is 2. The fraction of sp³-hybridized carbons (Fsp3) is 0.700. The molecule has 1 aromatic rings. The van der Waals surface area contributed by atoms with E-state index in [-0.39, 0.29) is 0 Å². The lowest BCUT2D eigenvalue weighted by molar-refractivity contribution is -0.222. The predicted molar refractivity (Wildman–Crippen MR) is 111 cm³/mol. The van der Waals surface area contributed by atoms with Crippen LogP contribution < -0.4 is 10.6 Å². The maximum Gasteiger partial charge on any atom is 0.157 e. The van der Waals surface area contributed by atoms with Crippen molar-refractivity contribution in [1.82, 2.24) is 0 Å². The van der Waals surface area contributed by atoms with Crippen molar-refractivity contribution < 1.29 is 50.3 Å². The Bertz CT molecular complexity index is 716. The topological polar surface area (TPSA) is 204 Å². The van der Waals surface area contributed by atoms with Crippen molar-refractivity contribution in [2.45, 2.75) is 75.1 Å². The average Bonchev–Trinajstić information content (AvgIpc) is 2.77. The molecule has 2 aliphatic heterocycles. The van der Waals surface area contributed by atoms with Crippen molar-refractivity contribution >= 4 is 11.4 Å². The molecule has 1 aromatic carbocycles. The smallest absolute Gasteiger partial charge is 0.157 e. The molecule has 0 aliphatic carbocycles. The van der Waals surface area contributed by atoms with Gasteiger partial charge in [-0.05, 0) is 37.1 Å². The molecule has 32 heavy (non-hydrogen) atoms. The maximum absolute atomic E-state index is 10.3. The number of aryl methyl sites for hydroxylation is 2. The predicted octanol–water partition coefficient (Wildman–Crippen LogP) is -3.27. The summed E-state index contributed by atoms with van der Waals surface area (Å²) in [6, 6.07) is 3.42. The van der Waals surface area contributed by atoms with Crippen LogP contribution in [0.3, 0.4) is 0 Å². The summed E-state index contributed by atoms with van der Waals surface area (Å²) in [4.78, 5) is 0. The van der Waals surface area contributed by atoms with Gasteiger partial charge < -0.3 is 61.0 Å². The molecule has 10 atom stereocenters. The van der Waals surface area contributed by atoms with E-state index in [0.29, 0.717) is 11.4 Å². The number of ether oxygens (including phenoxy) is 2. The Morgan fingerprint density at radius 3 is 1.28 bits per heavy atom. The zero-order valence-electron chi connectivity index (χ0n) is 17.7. The molecule has 3 rings (SSSR count). The van der Waals surface area contributed by atoms with Gasteiger partial charge in [0, 0.05) is 0 Å². The van der Waals surface area contributed by atoms with E-state index in [4.69, 9.17) is 9.47 Å². The lowest BCUT2D eigenvalue weighted by Crippen LogP contribution is -2.61. The first kappa shape index (κ1) is 25.1. The van der Waals surface area contributed by atoms with Gasteiger partial charge in [-0.15, -0.1) is 0 Å². The van der Waals surface area contributed by atoms with Gasteiger partial charge in [0.15, 0.2) is 12.5 Å². The second-order valence-corrected chi connectivity index (χ2v) is 8.27. The Hall–Kier alpha value is -1.58. The van der Waals surface area contributed by atoms with E-state index in [2.05, 4.69) is 10.6 Å². The van der Waals surface area contributed by atoms with E-state index < -0.39 is 74.5 Å². The van der Waals surface area contributed by atoms with Crippen molar-refractivity contribution in [2.75, 3.05) is 23.8 Å². The molecule has 10 N–H and O–H groups in total. The van der Waals surface area contributed by atoms with Gasteiger partial charge >= 0.3 is 0 Å². The van der Waals surface area contributed by atoms with Gasteiger partial charge in [-0.1, -0.05) is 0 Å². The Morgan fingerprint density at radius 1 is 0.625 bits per heavy atom. The fourth-order valence-electron chi connectivity index (χ4n) is 3.80. The quantitative estimate of drug-likeness (QED) is 0.203. The van der Waals surface area contributed by atoms with Crippen LogP contribution in [0.15, 0.2) is 12.1 Å². The summed E-state index contributed by atoms with van der Waals surface area (Å²) in [6.07, 6.45) is -13.7. The second kappa shape index (κ2) is 10.1. The summed E-state index contributed by atoms with van der Waals surface area (Å²) in [6.45, 7) is 2.52. The first-order valence-corrected chi connectivity index (χ1v) is 10.3. The summed E-state index contributed by atoms with van der Waals surface area (Å²) >= 11 is 0. The fourth-order valence-corrected chi connectivity index (χ4v) is 3.80. The third-order valence-electron chi connectivity index (χ3n) is 6.01. The largest absolute Gasteiger partial charge is 0.394 e. The minimum atomic E-state index is -1.56. The molecule has 0 amide bonds. The number of benzene rings is 1. The molecule has 0 aromatic heterocycles. The van der Waals surface area contributed by atoms with Gasteiger partial charge in [0.25, 0.3) is 0 Å². The summed E-state index contributed by atoms with van der Waals surface area (Å²) in [5.74, 6) is 0. The average molecular weight is 460 g/mol. The zero-order valence-corrected chi connectivity index (χ0v) is 17.7. The molecule has 2 aliphatic rings. The molecular weight excluding hydrogens is 428 g/mol. The Kier molecular flexibility index (Phi) is 7.93. The number of hydrogen-bond donors (Lipinski definition) is 10. The van der Waals surface area contributed by atoms with E-state index in [0.717, 1.165) is 11.1 Å². The molecule has 2 saturated heterocycles. The highest BCUT2D eigenvalue weighted by atomic mass is 16.6. The van der Waals surface area contributed by atoms with Crippen molar-refractivity contribution in [3.05, 3.63) is 23.3 Å². The third kappa shape index (κ3) is 4.84. The van der Waals surface area contributed by atoms with Crippen molar-refractivity contribution in [3.63, 3.8) is 0 Å². The molecule has 2 heterocycles. The van der Waals surface area contributed by atoms with Gasteiger partial charge in [-0.25, -0.2) is 0 Å². The third-order valence-corrected chi connectivity index (χ3v) is 6.01. The van der Waals surface area contributed by atoms with Crippen molar-refractivity contribution in [2.24, 2.45) is 0 Å². The van der Waals surface area contributed by atoms with E-state index in [1.165, 1.54) is 0 Å². The van der Waals surface area contributed by atoms with Gasteiger partial charge in [0.2, 0.25) is 0 Å². The first-order valence-electron chi connectivity index (χ1n) is 10.3. The van der Waals surface area contributed by atoms with Crippen molar-refractivity contribution in [1.29, 1.82) is 0 Å². The van der Waals surface area contributed by atoms with Crippen LogP contribution in [0.2, 0.25) is 0 Å². The molecular formula is C20H32N2O10. The van der Waals surface area contributed by atoms with Crippen LogP contribution in [0.1, 0.15) is 11.1 Å². The number of aliphatic hydroxyl groups is 8. The summed E-state index contributed by atoms with van der Waals surface area (Å²) in [7, 11) is 0. The standard InChI is InChI=1S/C20H32N2O10/c1-7-3-9(21-19-17(29)15(27)13(25)11(5-23)31-19)10(4-8(7)2)22-20-18(30)16(28)14(26)12(6-24)32-20/h3-4,11-30H,5-6H2,1-2H3/t11-,12-,13+,14+,15+,16+,17-,18+,19+,20-/m0/s1. The highest BCUT2D eigenvalue weighted by Gasteiger charge is 2.45. The van der Waals surface area contributed by atoms with E-state index in [9.17, 15) is 40.9 Å². The van der Waals surface area contributed by atoms with Crippen LogP contribution in [0.25, 0.3) is 0 Å². The van der Waals surface area contributed by atoms with Crippen LogP contribution in [0.4, 0.5) is 11.4 Å². The molecule has 182 valence electrons. The Morgan fingerprint density at radius 2 is 0.969 bits per heavy atom. The minimum Gasteiger partial charge on any atom is -0.394 e. The van der Waals surface area contributed by atoms with Crippen LogP contribution >= 0.6 is 0 Å². The molecule has 0 spiro atoms. The molecule has 0 unspecified atom stereocenters. The summed E-state index contributed by atoms with van der Waals surface area (Å²) < 4.78 is 11.0. The molecule has 12 nitrogen and oxygen atoms in total. The van der Waals surface area contributed by atoms with Crippen molar-refractivity contribution in [3.8, 4) is 0 Å². The number of nitrogens with one attached hydrogen (secondary N) is 2. The van der Waals surface area contributed by atoms with Gasteiger partial charge in [-0.3, -0.25) is 0 Å². The van der Waals surface area contributed by atoms with Crippen LogP contribution in [0, 0.1) is 13.8 Å². The van der Waals surface area contributed by atoms with Gasteiger partial charge in [0.1, 0.15) is 48.8 Å². The number of hydrogen-bond acceptors (Lipinski definition) is 12. The van der Waals surface area contributed by atoms with Crippen LogP contribution in [0.5, 0.6) is 0 Å². The molecule has 12 heteroatoms. The molecule has 0 saturated carbocycles. The summed E-state index contributed by atoms with van der Waals surface area (Å²) in [5.41, 5.74) is 2.46. The highest BCUT2D eigenvalue weighted by molar-refractivity contribution is 5.71. The normalized spacial score (nSPS) is 40.2. The van der Waals surface area contributed by atoms with Gasteiger partial charge in [0.05, 0.1) is 24.6 Å². The lowest BCUT2D eigenvalue weighted by atomic mass is 9.97. The molecule has 2 fully saturated rings. The highest BCUT2D eigenvalue weighted by Crippen LogP contribution is 2.32. The van der Waals surface area contributed by atoms with E-state index >= 15 is 0 Å². The summed E-state index contributed by atoms with van der Waals surface area (Å²) in [5, 5.41) is 85.3. The molecule has 0 radical (unpaired) electrons. The Labute approximate surface area is 184 Å². The molecule has 0 bridgehead atoms.